The fourth-order valence-corrected chi connectivity index (χ4v) is 4.83. The van der Waals surface area contributed by atoms with E-state index < -0.39 is 13.0 Å². The Hall–Kier alpha value is -0.400. The van der Waals surface area contributed by atoms with Gasteiger partial charge in [-0.3, -0.25) is 0 Å². The molecule has 1 unspecified atom stereocenters. The minimum absolute atomic E-state index is 0.509. The molecule has 0 amide bonds. The van der Waals surface area contributed by atoms with Crippen molar-refractivity contribution in [3.05, 3.63) is 12.2 Å². The van der Waals surface area contributed by atoms with Crippen LogP contribution in [0.4, 0.5) is 0 Å². The maximum absolute atomic E-state index is 11.9. The molecule has 0 aliphatic heterocycles. The Bertz CT molecular complexity index is 430. The van der Waals surface area contributed by atoms with E-state index in [4.69, 9.17) is 0 Å². The van der Waals surface area contributed by atoms with E-state index in [0.29, 0.717) is 10.9 Å². The van der Waals surface area contributed by atoms with Gasteiger partial charge in [0.25, 0.3) is 0 Å². The normalized spacial score (nSPS) is 14.7. The van der Waals surface area contributed by atoms with Crippen molar-refractivity contribution in [2.24, 2.45) is 0 Å². The van der Waals surface area contributed by atoms with Crippen molar-refractivity contribution in [2.75, 3.05) is 21.1 Å². The van der Waals surface area contributed by atoms with Crippen molar-refractivity contribution in [1.29, 1.82) is 0 Å². The van der Waals surface area contributed by atoms with Crippen molar-refractivity contribution < 1.29 is 13.6 Å². The van der Waals surface area contributed by atoms with E-state index in [-0.39, 0.29) is 0 Å². The average Bonchev–Trinajstić information content (AvgIpc) is 2.57. The van der Waals surface area contributed by atoms with Gasteiger partial charge in [0, 0.05) is 12.8 Å². The topological polar surface area (TPSA) is 34.1 Å². The number of nitrogens with zero attached hydrogens (tertiary/aromatic N) is 1. The Kier molecular flexibility index (Phi) is 14.4. The average molecular weight is 387 g/mol. The molecule has 154 valence electrons. The van der Waals surface area contributed by atoms with Crippen molar-refractivity contribution in [3.8, 4) is 0 Å². The van der Waals surface area contributed by atoms with Gasteiger partial charge in [-0.2, -0.15) is 0 Å². The van der Waals surface area contributed by atoms with Crippen LogP contribution in [0.2, 0.25) is 0 Å². The second-order valence-corrected chi connectivity index (χ2v) is 9.93. The molecule has 0 rings (SSSR count). The maximum Gasteiger partial charge on any atom is 0.378 e. The lowest BCUT2D eigenvalue weighted by atomic mass is 10.0. The lowest BCUT2D eigenvalue weighted by Gasteiger charge is -2.40. The van der Waals surface area contributed by atoms with E-state index in [0.717, 1.165) is 19.3 Å². The van der Waals surface area contributed by atoms with Gasteiger partial charge in [-0.25, -0.2) is 9.13 Å². The number of allylic oxidation sites excluding steroid dienone is 2. The van der Waals surface area contributed by atoms with Crippen molar-refractivity contribution >= 4 is 7.68 Å². The SMILES string of the molecule is CCCCC=CCCCCCCCCCCC(CC)(P(=O)=O)[N+](C)(C)C. The molecule has 0 spiro atoms. The Balaban J connectivity index is 3.74. The van der Waals surface area contributed by atoms with E-state index in [2.05, 4.69) is 19.1 Å². The largest absolute Gasteiger partial charge is 0.378 e. The molecule has 0 aromatic rings. The Labute approximate surface area is 164 Å². The number of quaternary nitrogens is 1. The maximum atomic E-state index is 11.9. The molecular weight excluding hydrogens is 341 g/mol. The van der Waals surface area contributed by atoms with Crippen LogP contribution in [0.5, 0.6) is 0 Å². The summed E-state index contributed by atoms with van der Waals surface area (Å²) in [5, 5.41) is -0.597. The monoisotopic (exact) mass is 386 g/mol. The molecule has 3 nitrogen and oxygen atoms in total. The molecule has 4 heteroatoms. The van der Waals surface area contributed by atoms with Crippen LogP contribution < -0.4 is 0 Å². The number of hydrogen-bond acceptors (Lipinski definition) is 2. The predicted octanol–water partition coefficient (Wildman–Crippen LogP) is 7.62. The molecule has 0 saturated heterocycles. The molecule has 0 saturated carbocycles. The highest BCUT2D eigenvalue weighted by Crippen LogP contribution is 2.43. The fraction of sp³-hybridized carbons (Fsp3) is 0.909. The molecule has 0 aromatic heterocycles. The molecule has 0 aliphatic rings. The first-order valence-electron chi connectivity index (χ1n) is 10.9. The van der Waals surface area contributed by atoms with E-state index >= 15 is 0 Å². The van der Waals surface area contributed by atoms with Crippen LogP contribution >= 0.6 is 7.68 Å². The lowest BCUT2D eigenvalue weighted by Crippen LogP contribution is -2.53. The van der Waals surface area contributed by atoms with E-state index in [1.165, 1.54) is 64.2 Å². The van der Waals surface area contributed by atoms with Crippen molar-refractivity contribution in [3.63, 3.8) is 0 Å². The van der Waals surface area contributed by atoms with Gasteiger partial charge in [-0.05, 0) is 25.7 Å². The molecule has 1 atom stereocenters. The van der Waals surface area contributed by atoms with Crippen LogP contribution in [-0.2, 0) is 9.13 Å². The fourth-order valence-electron chi connectivity index (χ4n) is 3.74. The minimum Gasteiger partial charge on any atom is -0.314 e. The third-order valence-electron chi connectivity index (χ3n) is 5.74. The summed E-state index contributed by atoms with van der Waals surface area (Å²) in [5.41, 5.74) is 0. The van der Waals surface area contributed by atoms with Crippen LogP contribution in [0.15, 0.2) is 12.2 Å². The molecule has 0 aromatic carbocycles. The summed E-state index contributed by atoms with van der Waals surface area (Å²) in [6.07, 6.45) is 21.3. The third kappa shape index (κ3) is 10.1. The number of hydrogen-bond donors (Lipinski definition) is 0. The molecule has 0 N–H and O–H groups in total. The smallest absolute Gasteiger partial charge is 0.314 e. The highest BCUT2D eigenvalue weighted by atomic mass is 31.1. The Morgan fingerprint density at radius 2 is 1.19 bits per heavy atom. The van der Waals surface area contributed by atoms with Gasteiger partial charge in [-0.15, -0.1) is 0 Å². The first-order chi connectivity index (χ1) is 12.3. The molecule has 26 heavy (non-hydrogen) atoms. The summed E-state index contributed by atoms with van der Waals surface area (Å²) in [7, 11) is 3.61. The van der Waals surface area contributed by atoms with Gasteiger partial charge in [0.05, 0.1) is 21.1 Å². The van der Waals surface area contributed by atoms with Crippen LogP contribution in [0.1, 0.15) is 104 Å². The summed E-state index contributed by atoms with van der Waals surface area (Å²) in [6, 6.07) is 0. The van der Waals surface area contributed by atoms with Gasteiger partial charge in [-0.1, -0.05) is 77.4 Å². The predicted molar refractivity (Wildman–Crippen MR) is 114 cm³/mol. The highest BCUT2D eigenvalue weighted by Gasteiger charge is 2.46. The van der Waals surface area contributed by atoms with E-state index in [1.54, 1.807) is 0 Å². The quantitative estimate of drug-likeness (QED) is 0.111. The van der Waals surface area contributed by atoms with E-state index in [1.807, 2.05) is 28.1 Å². The lowest BCUT2D eigenvalue weighted by molar-refractivity contribution is -0.908. The Morgan fingerprint density at radius 3 is 1.62 bits per heavy atom. The van der Waals surface area contributed by atoms with Gasteiger partial charge in [0.2, 0.25) is 5.28 Å². The Morgan fingerprint density at radius 1 is 0.731 bits per heavy atom. The summed E-state index contributed by atoms with van der Waals surface area (Å²) in [5.74, 6) is 0. The van der Waals surface area contributed by atoms with Crippen molar-refractivity contribution in [1.82, 2.24) is 0 Å². The second-order valence-electron chi connectivity index (χ2n) is 8.59. The van der Waals surface area contributed by atoms with Crippen molar-refractivity contribution in [2.45, 2.75) is 109 Å². The summed E-state index contributed by atoms with van der Waals surface area (Å²) in [4.78, 5) is 0. The molecule has 0 radical (unpaired) electrons. The van der Waals surface area contributed by atoms with Gasteiger partial charge < -0.3 is 4.48 Å². The molecule has 0 aliphatic carbocycles. The molecule has 0 heterocycles. The van der Waals surface area contributed by atoms with Gasteiger partial charge in [0.15, 0.2) is 0 Å². The first kappa shape index (κ1) is 25.6. The van der Waals surface area contributed by atoms with Gasteiger partial charge >= 0.3 is 7.68 Å². The minimum atomic E-state index is -2.41. The first-order valence-corrected chi connectivity index (χ1v) is 12.1. The highest BCUT2D eigenvalue weighted by molar-refractivity contribution is 7.32. The number of unbranched alkanes of at least 4 members (excludes halogenated alkanes) is 10. The molecule has 0 fully saturated rings. The summed E-state index contributed by atoms with van der Waals surface area (Å²) >= 11 is 0. The van der Waals surface area contributed by atoms with Crippen LogP contribution in [0, 0.1) is 0 Å². The molecular formula is C22H45NO2P+. The second kappa shape index (κ2) is 14.6. The summed E-state index contributed by atoms with van der Waals surface area (Å²) in [6.45, 7) is 4.25. The zero-order chi connectivity index (χ0) is 19.9. The molecule has 0 bridgehead atoms. The zero-order valence-electron chi connectivity index (χ0n) is 18.3. The number of rotatable bonds is 17. The zero-order valence-corrected chi connectivity index (χ0v) is 19.2. The third-order valence-corrected chi connectivity index (χ3v) is 7.56. The van der Waals surface area contributed by atoms with Crippen LogP contribution in [0.25, 0.3) is 0 Å². The standard InChI is InChI=1S/C22H45NO2P/c1-6-8-9-10-11-12-13-14-15-16-17-18-19-20-21-22(7-2,26(24)25)23(3,4)5/h10-11H,6-9,12-21H2,1-5H3/q+1. The van der Waals surface area contributed by atoms with Gasteiger partial charge in [0.1, 0.15) is 0 Å². The van der Waals surface area contributed by atoms with E-state index in [9.17, 15) is 9.13 Å². The summed E-state index contributed by atoms with van der Waals surface area (Å²) < 4.78 is 24.3. The van der Waals surface area contributed by atoms with Crippen LogP contribution in [-0.4, -0.2) is 30.9 Å². The van der Waals surface area contributed by atoms with Crippen LogP contribution in [0.3, 0.4) is 0 Å².